The number of hydrogen-bond acceptors (Lipinski definition) is 1. The maximum atomic E-state index is 8.97. The third-order valence-electron chi connectivity index (χ3n) is 3.51. The Kier molecular flexibility index (Phi) is 3.42. The van der Waals surface area contributed by atoms with Gasteiger partial charge < -0.3 is 0 Å². The van der Waals surface area contributed by atoms with Crippen molar-refractivity contribution in [2.45, 2.75) is 37.5 Å². The van der Waals surface area contributed by atoms with Crippen LogP contribution in [0.4, 0.5) is 0 Å². The molecule has 2 rings (SSSR count). The van der Waals surface area contributed by atoms with E-state index in [-0.39, 0.29) is 5.41 Å². The minimum absolute atomic E-state index is 0.0168. The van der Waals surface area contributed by atoms with Crippen LogP contribution in [0.2, 0.25) is 10.0 Å². The van der Waals surface area contributed by atoms with E-state index in [1.54, 1.807) is 0 Å². The van der Waals surface area contributed by atoms with E-state index in [9.17, 15) is 0 Å². The lowest BCUT2D eigenvalue weighted by molar-refractivity contribution is 0.451. The first-order chi connectivity index (χ1) is 7.68. The van der Waals surface area contributed by atoms with Crippen LogP contribution in [0.1, 0.15) is 37.7 Å². The fourth-order valence-electron chi connectivity index (χ4n) is 2.60. The summed E-state index contributed by atoms with van der Waals surface area (Å²) in [7, 11) is 0. The number of nitrogens with zero attached hydrogens (tertiary/aromatic N) is 1. The van der Waals surface area contributed by atoms with E-state index in [4.69, 9.17) is 28.5 Å². The fourth-order valence-corrected chi connectivity index (χ4v) is 2.89. The van der Waals surface area contributed by atoms with Crippen LogP contribution in [0.3, 0.4) is 0 Å². The zero-order valence-electron chi connectivity index (χ0n) is 8.97. The molecule has 0 aromatic heterocycles. The topological polar surface area (TPSA) is 23.8 Å². The maximum absolute atomic E-state index is 8.97. The van der Waals surface area contributed by atoms with Crippen molar-refractivity contribution in [3.63, 3.8) is 0 Å². The maximum Gasteiger partial charge on any atom is 0.0631 e. The van der Waals surface area contributed by atoms with Crippen LogP contribution in [0.15, 0.2) is 18.2 Å². The molecule has 0 N–H and O–H groups in total. The minimum Gasteiger partial charge on any atom is -0.198 e. The second-order valence-corrected chi connectivity index (χ2v) is 5.27. The Morgan fingerprint density at radius 1 is 1.19 bits per heavy atom. The zero-order valence-corrected chi connectivity index (χ0v) is 10.5. The summed E-state index contributed by atoms with van der Waals surface area (Å²) in [6, 6.07) is 8.07. The summed E-state index contributed by atoms with van der Waals surface area (Å²) in [5.74, 6) is 0. The summed E-state index contributed by atoms with van der Waals surface area (Å²) in [6.45, 7) is 0. The Bertz CT molecular complexity index is 428. The third kappa shape index (κ3) is 2.05. The Labute approximate surface area is 106 Å². The first-order valence-electron chi connectivity index (χ1n) is 5.50. The van der Waals surface area contributed by atoms with E-state index in [1.807, 2.05) is 18.2 Å². The highest BCUT2D eigenvalue weighted by Gasteiger charge is 2.35. The Hall–Kier alpha value is -0.710. The molecule has 0 radical (unpaired) electrons. The van der Waals surface area contributed by atoms with Gasteiger partial charge in [0.25, 0.3) is 0 Å². The van der Waals surface area contributed by atoms with Crippen LogP contribution in [0, 0.1) is 11.3 Å². The average Bonchev–Trinajstić information content (AvgIpc) is 2.72. The molecule has 0 atom stereocenters. The fraction of sp³-hybridized carbons (Fsp3) is 0.462. The predicted octanol–water partition coefficient (Wildman–Crippen LogP) is 4.72. The first kappa shape index (κ1) is 11.8. The second-order valence-electron chi connectivity index (χ2n) is 4.45. The molecule has 1 nitrogen and oxygen atoms in total. The van der Waals surface area contributed by atoms with Gasteiger partial charge in [0.15, 0.2) is 0 Å². The molecule has 0 spiro atoms. The molecule has 1 saturated carbocycles. The van der Waals surface area contributed by atoms with E-state index in [0.29, 0.717) is 16.5 Å². The van der Waals surface area contributed by atoms with Crippen LogP contribution in [0.25, 0.3) is 0 Å². The predicted molar refractivity (Wildman–Crippen MR) is 66.8 cm³/mol. The summed E-state index contributed by atoms with van der Waals surface area (Å²) in [4.78, 5) is 0. The van der Waals surface area contributed by atoms with Gasteiger partial charge in [-0.05, 0) is 30.5 Å². The molecule has 1 aliphatic rings. The van der Waals surface area contributed by atoms with Gasteiger partial charge in [-0.15, -0.1) is 0 Å². The van der Waals surface area contributed by atoms with Gasteiger partial charge in [0.2, 0.25) is 0 Å². The van der Waals surface area contributed by atoms with Crippen molar-refractivity contribution >= 4 is 23.2 Å². The SMILES string of the molecule is N#CCC1(c2ccc(Cl)c(Cl)c2)CCCC1. The molecular weight excluding hydrogens is 241 g/mol. The summed E-state index contributed by atoms with van der Waals surface area (Å²) < 4.78 is 0. The van der Waals surface area contributed by atoms with E-state index in [2.05, 4.69) is 6.07 Å². The molecule has 0 aliphatic heterocycles. The monoisotopic (exact) mass is 253 g/mol. The van der Waals surface area contributed by atoms with Crippen molar-refractivity contribution in [1.82, 2.24) is 0 Å². The summed E-state index contributed by atoms with van der Waals surface area (Å²) in [5.41, 5.74) is 1.18. The lowest BCUT2D eigenvalue weighted by Crippen LogP contribution is -2.21. The van der Waals surface area contributed by atoms with Crippen molar-refractivity contribution in [2.75, 3.05) is 0 Å². The molecule has 1 aromatic carbocycles. The Morgan fingerprint density at radius 2 is 1.88 bits per heavy atom. The molecule has 1 fully saturated rings. The van der Waals surface area contributed by atoms with Gasteiger partial charge in [-0.3, -0.25) is 0 Å². The first-order valence-corrected chi connectivity index (χ1v) is 6.26. The lowest BCUT2D eigenvalue weighted by atomic mass is 9.76. The summed E-state index contributed by atoms with van der Waals surface area (Å²) in [5, 5.41) is 10.1. The Balaban J connectivity index is 2.40. The molecule has 0 saturated heterocycles. The largest absolute Gasteiger partial charge is 0.198 e. The normalized spacial score (nSPS) is 18.3. The molecule has 0 heterocycles. The molecule has 84 valence electrons. The molecular formula is C13H13Cl2N. The zero-order chi connectivity index (χ0) is 11.6. The standard InChI is InChI=1S/C13H13Cl2N/c14-11-4-3-10(9-12(11)15)13(7-8-16)5-1-2-6-13/h3-4,9H,1-2,5-7H2. The van der Waals surface area contributed by atoms with Gasteiger partial charge in [0.1, 0.15) is 0 Å². The quantitative estimate of drug-likeness (QED) is 0.749. The van der Waals surface area contributed by atoms with Gasteiger partial charge in [0, 0.05) is 11.8 Å². The molecule has 3 heteroatoms. The van der Waals surface area contributed by atoms with Crippen LogP contribution >= 0.6 is 23.2 Å². The number of nitriles is 1. The van der Waals surface area contributed by atoms with Crippen molar-refractivity contribution < 1.29 is 0 Å². The molecule has 1 aliphatic carbocycles. The van der Waals surface area contributed by atoms with Gasteiger partial charge in [-0.25, -0.2) is 0 Å². The van der Waals surface area contributed by atoms with Crippen molar-refractivity contribution in [2.24, 2.45) is 0 Å². The number of benzene rings is 1. The van der Waals surface area contributed by atoms with E-state index < -0.39 is 0 Å². The lowest BCUT2D eigenvalue weighted by Gasteiger charge is -2.27. The highest BCUT2D eigenvalue weighted by Crippen LogP contribution is 2.44. The van der Waals surface area contributed by atoms with Gasteiger partial charge >= 0.3 is 0 Å². The van der Waals surface area contributed by atoms with Crippen molar-refractivity contribution in [1.29, 1.82) is 5.26 Å². The van der Waals surface area contributed by atoms with Crippen LogP contribution in [0.5, 0.6) is 0 Å². The van der Waals surface area contributed by atoms with E-state index in [0.717, 1.165) is 12.8 Å². The summed E-state index contributed by atoms with van der Waals surface area (Å²) in [6.07, 6.45) is 5.13. The van der Waals surface area contributed by atoms with Crippen molar-refractivity contribution in [3.8, 4) is 6.07 Å². The van der Waals surface area contributed by atoms with Crippen LogP contribution in [-0.2, 0) is 5.41 Å². The van der Waals surface area contributed by atoms with Crippen LogP contribution in [-0.4, -0.2) is 0 Å². The summed E-state index contributed by atoms with van der Waals surface area (Å²) >= 11 is 12.0. The highest BCUT2D eigenvalue weighted by atomic mass is 35.5. The van der Waals surface area contributed by atoms with E-state index >= 15 is 0 Å². The molecule has 16 heavy (non-hydrogen) atoms. The number of hydrogen-bond donors (Lipinski definition) is 0. The number of rotatable bonds is 2. The van der Waals surface area contributed by atoms with Gasteiger partial charge in [-0.2, -0.15) is 5.26 Å². The smallest absolute Gasteiger partial charge is 0.0631 e. The molecule has 0 amide bonds. The molecule has 0 bridgehead atoms. The molecule has 1 aromatic rings. The minimum atomic E-state index is 0.0168. The number of halogens is 2. The Morgan fingerprint density at radius 3 is 2.44 bits per heavy atom. The average molecular weight is 254 g/mol. The van der Waals surface area contributed by atoms with Gasteiger partial charge in [0.05, 0.1) is 16.1 Å². The second kappa shape index (κ2) is 4.65. The van der Waals surface area contributed by atoms with Crippen LogP contribution < -0.4 is 0 Å². The third-order valence-corrected chi connectivity index (χ3v) is 4.25. The molecule has 0 unspecified atom stereocenters. The van der Waals surface area contributed by atoms with Crippen molar-refractivity contribution in [3.05, 3.63) is 33.8 Å². The van der Waals surface area contributed by atoms with E-state index in [1.165, 1.54) is 18.4 Å². The highest BCUT2D eigenvalue weighted by molar-refractivity contribution is 6.42. The van der Waals surface area contributed by atoms with Gasteiger partial charge in [-0.1, -0.05) is 42.1 Å².